The van der Waals surface area contributed by atoms with Gasteiger partial charge in [0.15, 0.2) is 0 Å². The maximum atomic E-state index is 2.49. The number of rotatable bonds is 6. The molecule has 0 N–H and O–H groups in total. The molecule has 2 aliphatic rings. The van der Waals surface area contributed by atoms with E-state index in [1.54, 1.807) is 0 Å². The van der Waals surface area contributed by atoms with Crippen LogP contribution in [0.15, 0.2) is 182 Å². The molecule has 0 saturated carbocycles. The first-order valence-corrected chi connectivity index (χ1v) is 22.0. The third kappa shape index (κ3) is 5.83. The van der Waals surface area contributed by atoms with Gasteiger partial charge in [-0.25, -0.2) is 0 Å². The van der Waals surface area contributed by atoms with Crippen LogP contribution in [0.3, 0.4) is 0 Å². The summed E-state index contributed by atoms with van der Waals surface area (Å²) in [6.07, 6.45) is 2.39. The van der Waals surface area contributed by atoms with Crippen molar-refractivity contribution in [3.8, 4) is 39.1 Å². The molecule has 0 spiro atoms. The third-order valence-electron chi connectivity index (χ3n) is 14.3. The van der Waals surface area contributed by atoms with Crippen LogP contribution in [0, 0.1) is 0 Å². The summed E-state index contributed by atoms with van der Waals surface area (Å²) < 4.78 is 2.40. The molecule has 8 aromatic carbocycles. The summed E-state index contributed by atoms with van der Waals surface area (Å²) in [7, 11) is 0. The van der Waals surface area contributed by atoms with E-state index in [-0.39, 0.29) is 16.2 Å². The van der Waals surface area contributed by atoms with Crippen molar-refractivity contribution >= 4 is 38.9 Å². The summed E-state index contributed by atoms with van der Waals surface area (Å²) in [5.74, 6) is 0. The average Bonchev–Trinajstić information content (AvgIpc) is 3.74. The molecule has 298 valence electrons. The van der Waals surface area contributed by atoms with E-state index in [1.165, 1.54) is 96.0 Å². The maximum absolute atomic E-state index is 2.49. The Morgan fingerprint density at radius 3 is 1.64 bits per heavy atom. The van der Waals surface area contributed by atoms with Gasteiger partial charge >= 0.3 is 0 Å². The molecule has 0 aliphatic heterocycles. The molecule has 0 radical (unpaired) electrons. The van der Waals surface area contributed by atoms with Gasteiger partial charge in [0, 0.05) is 38.8 Å². The fourth-order valence-corrected chi connectivity index (χ4v) is 10.9. The number of hydrogen-bond donors (Lipinski definition) is 0. The zero-order valence-corrected chi connectivity index (χ0v) is 36.1. The first kappa shape index (κ1) is 37.4. The van der Waals surface area contributed by atoms with E-state index in [9.17, 15) is 0 Å². The van der Waals surface area contributed by atoms with Crippen molar-refractivity contribution in [2.75, 3.05) is 4.90 Å². The lowest BCUT2D eigenvalue weighted by Crippen LogP contribution is -2.34. The molecule has 0 bridgehead atoms. The lowest BCUT2D eigenvalue weighted by molar-refractivity contribution is 0.333. The summed E-state index contributed by atoms with van der Waals surface area (Å²) in [6.45, 7) is 14.5. The lowest BCUT2D eigenvalue weighted by atomic mass is 9.61. The van der Waals surface area contributed by atoms with Crippen LogP contribution in [0.25, 0.3) is 60.9 Å². The predicted molar refractivity (Wildman–Crippen MR) is 259 cm³/mol. The molecule has 11 rings (SSSR count). The average molecular weight is 789 g/mol. The van der Waals surface area contributed by atoms with E-state index >= 15 is 0 Å². The predicted octanol–water partition coefficient (Wildman–Crippen LogP) is 16.2. The van der Waals surface area contributed by atoms with Crippen molar-refractivity contribution < 1.29 is 0 Å². The molecule has 0 atom stereocenters. The van der Waals surface area contributed by atoms with Crippen LogP contribution in [0.1, 0.15) is 76.6 Å². The Hall–Kier alpha value is -6.64. The Bertz CT molecular complexity index is 3090. The molecule has 0 amide bonds. The van der Waals surface area contributed by atoms with Gasteiger partial charge in [0.05, 0.1) is 16.7 Å². The fourth-order valence-electron chi connectivity index (χ4n) is 10.9. The zero-order chi connectivity index (χ0) is 41.7. The fraction of sp³-hybridized carbons (Fsp3) is 0.186. The Balaban J connectivity index is 1.10. The van der Waals surface area contributed by atoms with Gasteiger partial charge in [-0.05, 0) is 134 Å². The third-order valence-corrected chi connectivity index (χ3v) is 14.3. The van der Waals surface area contributed by atoms with Gasteiger partial charge in [-0.3, -0.25) is 0 Å². The maximum Gasteiger partial charge on any atom is 0.0543 e. The smallest absolute Gasteiger partial charge is 0.0543 e. The second kappa shape index (κ2) is 13.7. The van der Waals surface area contributed by atoms with Gasteiger partial charge in [-0.2, -0.15) is 0 Å². The SMILES string of the molecule is CC1(C)CCC(C)(C)c2c(-c3ccc(-c4cc5c(cc4N(c4ccccc4)c4ccc(-n6c7ccccc7c7ccccc76)cc4)C(C)(C)c4ccccc4-5)cc3)cccc21. The van der Waals surface area contributed by atoms with Crippen LogP contribution in [-0.4, -0.2) is 4.57 Å². The second-order valence-corrected chi connectivity index (χ2v) is 19.2. The highest BCUT2D eigenvalue weighted by atomic mass is 15.1. The minimum atomic E-state index is -0.154. The lowest BCUT2D eigenvalue weighted by Gasteiger charge is -2.43. The van der Waals surface area contributed by atoms with Gasteiger partial charge in [0.2, 0.25) is 0 Å². The van der Waals surface area contributed by atoms with Crippen LogP contribution in [0.4, 0.5) is 17.1 Å². The molecule has 0 fully saturated rings. The van der Waals surface area contributed by atoms with Crippen LogP contribution in [-0.2, 0) is 16.2 Å². The number of para-hydroxylation sites is 3. The molecule has 2 nitrogen and oxygen atoms in total. The van der Waals surface area contributed by atoms with Gasteiger partial charge in [-0.1, -0.05) is 163 Å². The molecule has 0 saturated heterocycles. The van der Waals surface area contributed by atoms with Crippen molar-refractivity contribution in [3.63, 3.8) is 0 Å². The summed E-state index contributed by atoms with van der Waals surface area (Å²) >= 11 is 0. The molecule has 2 heteroatoms. The van der Waals surface area contributed by atoms with Gasteiger partial charge in [0.1, 0.15) is 0 Å². The highest BCUT2D eigenvalue weighted by Crippen LogP contribution is 2.54. The molecular formula is C59H52N2. The number of fused-ring (bicyclic) bond motifs is 7. The van der Waals surface area contributed by atoms with Crippen LogP contribution >= 0.6 is 0 Å². The van der Waals surface area contributed by atoms with Crippen molar-refractivity contribution in [1.29, 1.82) is 0 Å². The molecule has 1 aromatic heterocycles. The van der Waals surface area contributed by atoms with Crippen molar-refractivity contribution in [3.05, 3.63) is 204 Å². The van der Waals surface area contributed by atoms with Crippen molar-refractivity contribution in [2.24, 2.45) is 0 Å². The minimum absolute atomic E-state index is 0.112. The van der Waals surface area contributed by atoms with E-state index in [2.05, 4.69) is 233 Å². The highest BCUT2D eigenvalue weighted by molar-refractivity contribution is 6.09. The first-order chi connectivity index (χ1) is 29.5. The highest BCUT2D eigenvalue weighted by Gasteiger charge is 2.39. The minimum Gasteiger partial charge on any atom is -0.310 e. The van der Waals surface area contributed by atoms with Crippen LogP contribution < -0.4 is 4.90 Å². The number of aromatic nitrogens is 1. The molecule has 0 unspecified atom stereocenters. The monoisotopic (exact) mass is 788 g/mol. The Morgan fingerprint density at radius 1 is 0.410 bits per heavy atom. The molecule has 1 heterocycles. The summed E-state index contributed by atoms with van der Waals surface area (Å²) in [4.78, 5) is 2.47. The largest absolute Gasteiger partial charge is 0.310 e. The quantitative estimate of drug-likeness (QED) is 0.163. The molecular weight excluding hydrogens is 737 g/mol. The molecule has 61 heavy (non-hydrogen) atoms. The Kier molecular flexibility index (Phi) is 8.39. The van der Waals surface area contributed by atoms with Gasteiger partial charge in [-0.15, -0.1) is 0 Å². The summed E-state index contributed by atoms with van der Waals surface area (Å²) in [5, 5.41) is 2.54. The van der Waals surface area contributed by atoms with E-state index in [0.717, 1.165) is 17.1 Å². The van der Waals surface area contributed by atoms with E-state index in [0.29, 0.717) is 0 Å². The summed E-state index contributed by atoms with van der Waals surface area (Å²) in [6, 6.07) is 68.0. The van der Waals surface area contributed by atoms with Crippen molar-refractivity contribution in [2.45, 2.75) is 70.6 Å². The van der Waals surface area contributed by atoms with Gasteiger partial charge < -0.3 is 9.47 Å². The van der Waals surface area contributed by atoms with Crippen LogP contribution in [0.5, 0.6) is 0 Å². The van der Waals surface area contributed by atoms with E-state index in [4.69, 9.17) is 0 Å². The zero-order valence-electron chi connectivity index (χ0n) is 36.1. The second-order valence-electron chi connectivity index (χ2n) is 19.2. The van der Waals surface area contributed by atoms with Crippen LogP contribution in [0.2, 0.25) is 0 Å². The topological polar surface area (TPSA) is 8.17 Å². The normalized spacial score (nSPS) is 15.6. The standard InChI is InChI=1S/C59H52N2/c1-57(2)35-36-58(3,4)56-44(22-16-24-51(56)57)39-27-29-40(30-28-39)48-37-49-45-19-10-13-23-50(45)59(5,6)52(49)38-55(48)60(41-17-8-7-9-18-41)42-31-33-43(34-32-42)61-53-25-14-11-20-46(53)47-21-12-15-26-54(47)61/h7-34,37-38H,35-36H2,1-6H3. The molecule has 2 aliphatic carbocycles. The van der Waals surface area contributed by atoms with E-state index in [1.807, 2.05) is 0 Å². The number of hydrogen-bond acceptors (Lipinski definition) is 1. The summed E-state index contributed by atoms with van der Waals surface area (Å²) in [5.41, 5.74) is 20.5. The Labute approximate surface area is 360 Å². The van der Waals surface area contributed by atoms with Crippen molar-refractivity contribution in [1.82, 2.24) is 4.57 Å². The number of anilines is 3. The van der Waals surface area contributed by atoms with E-state index < -0.39 is 0 Å². The number of nitrogens with zero attached hydrogens (tertiary/aromatic N) is 2. The number of benzene rings is 8. The Morgan fingerprint density at radius 2 is 0.951 bits per heavy atom. The first-order valence-electron chi connectivity index (χ1n) is 22.0. The van der Waals surface area contributed by atoms with Gasteiger partial charge in [0.25, 0.3) is 0 Å². The molecule has 9 aromatic rings.